The molecule has 0 unspecified atom stereocenters. The minimum Gasteiger partial charge on any atom is -0.481 e. The van der Waals surface area contributed by atoms with Gasteiger partial charge in [-0.1, -0.05) is 18.2 Å². The largest absolute Gasteiger partial charge is 0.481 e. The first kappa shape index (κ1) is 14.8. The molecule has 0 spiro atoms. The van der Waals surface area contributed by atoms with Gasteiger partial charge in [-0.15, -0.1) is 0 Å². The number of carbonyl (C=O) groups excluding carboxylic acids is 1. The predicted molar refractivity (Wildman–Crippen MR) is 86.8 cm³/mol. The predicted octanol–water partition coefficient (Wildman–Crippen LogP) is 4.72. The lowest BCUT2D eigenvalue weighted by atomic mass is 10.1. The van der Waals surface area contributed by atoms with Crippen molar-refractivity contribution in [3.05, 3.63) is 64.5 Å². The number of para-hydroxylation sites is 1. The fourth-order valence-electron chi connectivity index (χ4n) is 2.31. The Morgan fingerprint density at radius 3 is 2.82 bits per heavy atom. The van der Waals surface area contributed by atoms with Gasteiger partial charge >= 0.3 is 0 Å². The summed E-state index contributed by atoms with van der Waals surface area (Å²) in [6, 6.07) is 11.7. The molecule has 3 nitrogen and oxygen atoms in total. The second-order valence-electron chi connectivity index (χ2n) is 4.95. The maximum atomic E-state index is 13.1. The number of halogens is 2. The molecule has 5 heteroatoms. The number of nitrogens with one attached hydrogen (secondary N) is 1. The molecule has 112 valence electrons. The zero-order valence-electron chi connectivity index (χ0n) is 11.8. The Hall–Kier alpha value is -2.14. The summed E-state index contributed by atoms with van der Waals surface area (Å²) in [5.41, 5.74) is 1.49. The number of hydrogen-bond acceptors (Lipinski definition) is 2. The van der Waals surface area contributed by atoms with E-state index in [1.165, 1.54) is 18.2 Å². The van der Waals surface area contributed by atoms with Gasteiger partial charge in [-0.3, -0.25) is 4.79 Å². The van der Waals surface area contributed by atoms with E-state index in [1.807, 2.05) is 24.3 Å². The molecule has 1 N–H and O–H groups in total. The molecule has 0 bridgehead atoms. The standard InChI is InChI=1S/C17H13BrFNO2/c1-10(22-16-7-6-11(19)8-14(16)18)17(21)13-9-20-15-5-3-2-4-12(13)15/h2-10,20H,1H3/t10-/m1/s1. The van der Waals surface area contributed by atoms with Gasteiger partial charge in [0, 0.05) is 22.7 Å². The third-order valence-corrected chi connectivity index (χ3v) is 4.04. The molecule has 3 aromatic rings. The van der Waals surface area contributed by atoms with Crippen molar-refractivity contribution in [2.45, 2.75) is 13.0 Å². The molecule has 0 saturated heterocycles. The van der Waals surface area contributed by atoms with Crippen LogP contribution in [-0.4, -0.2) is 16.9 Å². The fraction of sp³-hybridized carbons (Fsp3) is 0.118. The van der Waals surface area contributed by atoms with E-state index in [9.17, 15) is 9.18 Å². The van der Waals surface area contributed by atoms with Gasteiger partial charge in [0.1, 0.15) is 11.6 Å². The lowest BCUT2D eigenvalue weighted by Gasteiger charge is -2.14. The number of aromatic nitrogens is 1. The van der Waals surface area contributed by atoms with Gasteiger partial charge in [-0.2, -0.15) is 0 Å². The molecular weight excluding hydrogens is 349 g/mol. The van der Waals surface area contributed by atoms with E-state index in [4.69, 9.17) is 4.74 Å². The number of ketones is 1. The Balaban J connectivity index is 1.85. The number of H-pyrrole nitrogens is 1. The molecule has 0 aliphatic rings. The van der Waals surface area contributed by atoms with Crippen LogP contribution in [0.25, 0.3) is 10.9 Å². The average Bonchev–Trinajstić information content (AvgIpc) is 2.93. The van der Waals surface area contributed by atoms with Crippen LogP contribution >= 0.6 is 15.9 Å². The van der Waals surface area contributed by atoms with E-state index in [0.29, 0.717) is 15.8 Å². The summed E-state index contributed by atoms with van der Waals surface area (Å²) in [6.07, 6.45) is 1.01. The number of rotatable bonds is 4. The second-order valence-corrected chi connectivity index (χ2v) is 5.80. The third-order valence-electron chi connectivity index (χ3n) is 3.42. The van der Waals surface area contributed by atoms with Crippen LogP contribution in [0, 0.1) is 5.82 Å². The van der Waals surface area contributed by atoms with Crippen molar-refractivity contribution in [3.63, 3.8) is 0 Å². The van der Waals surface area contributed by atoms with Crippen molar-refractivity contribution >= 4 is 32.6 Å². The van der Waals surface area contributed by atoms with Crippen LogP contribution in [0.1, 0.15) is 17.3 Å². The summed E-state index contributed by atoms with van der Waals surface area (Å²) in [6.45, 7) is 1.68. The number of aromatic amines is 1. The van der Waals surface area contributed by atoms with Crippen LogP contribution in [0.4, 0.5) is 4.39 Å². The number of ether oxygens (including phenoxy) is 1. The second kappa shape index (κ2) is 5.93. The molecule has 0 aliphatic heterocycles. The van der Waals surface area contributed by atoms with Gasteiger partial charge in [-0.05, 0) is 47.1 Å². The van der Waals surface area contributed by atoms with Gasteiger partial charge in [0.05, 0.1) is 4.47 Å². The number of Topliss-reactive ketones (excluding diaryl/α,β-unsaturated/α-hetero) is 1. The summed E-state index contributed by atoms with van der Waals surface area (Å²) >= 11 is 3.23. The van der Waals surface area contributed by atoms with E-state index in [0.717, 1.165) is 10.9 Å². The first-order valence-electron chi connectivity index (χ1n) is 6.78. The average molecular weight is 362 g/mol. The fourth-order valence-corrected chi connectivity index (χ4v) is 2.75. The van der Waals surface area contributed by atoms with E-state index in [-0.39, 0.29) is 11.6 Å². The van der Waals surface area contributed by atoms with Crippen LogP contribution in [0.5, 0.6) is 5.75 Å². The van der Waals surface area contributed by atoms with Gasteiger partial charge < -0.3 is 9.72 Å². The van der Waals surface area contributed by atoms with Gasteiger partial charge in [0.15, 0.2) is 6.10 Å². The van der Waals surface area contributed by atoms with Gasteiger partial charge in [-0.25, -0.2) is 4.39 Å². The number of carbonyl (C=O) groups is 1. The summed E-state index contributed by atoms with van der Waals surface area (Å²) in [5.74, 6) is -0.0643. The van der Waals surface area contributed by atoms with Crippen LogP contribution in [0.15, 0.2) is 53.1 Å². The summed E-state index contributed by atoms with van der Waals surface area (Å²) in [4.78, 5) is 15.6. The highest BCUT2D eigenvalue weighted by molar-refractivity contribution is 9.10. The van der Waals surface area contributed by atoms with Crippen molar-refractivity contribution in [1.29, 1.82) is 0 Å². The molecule has 2 aromatic carbocycles. The van der Waals surface area contributed by atoms with Crippen LogP contribution in [-0.2, 0) is 0 Å². The smallest absolute Gasteiger partial charge is 0.205 e. The molecule has 1 heterocycles. The molecule has 0 amide bonds. The Bertz CT molecular complexity index is 844. The Morgan fingerprint density at radius 2 is 2.05 bits per heavy atom. The maximum Gasteiger partial charge on any atom is 0.205 e. The zero-order chi connectivity index (χ0) is 15.7. The third kappa shape index (κ3) is 2.76. The van der Waals surface area contributed by atoms with Crippen LogP contribution in [0.2, 0.25) is 0 Å². The normalized spacial score (nSPS) is 12.3. The Kier molecular flexibility index (Phi) is 3.98. The minimum absolute atomic E-state index is 0.131. The van der Waals surface area contributed by atoms with E-state index >= 15 is 0 Å². The summed E-state index contributed by atoms with van der Waals surface area (Å²) in [5, 5.41) is 0.862. The highest BCUT2D eigenvalue weighted by Crippen LogP contribution is 2.27. The number of fused-ring (bicyclic) bond motifs is 1. The van der Waals surface area contributed by atoms with Crippen molar-refractivity contribution in [3.8, 4) is 5.75 Å². The molecule has 22 heavy (non-hydrogen) atoms. The molecule has 0 radical (unpaired) electrons. The minimum atomic E-state index is -0.680. The maximum absolute atomic E-state index is 13.1. The monoisotopic (exact) mass is 361 g/mol. The Morgan fingerprint density at radius 1 is 1.27 bits per heavy atom. The van der Waals surface area contributed by atoms with E-state index in [2.05, 4.69) is 20.9 Å². The highest BCUT2D eigenvalue weighted by atomic mass is 79.9. The highest BCUT2D eigenvalue weighted by Gasteiger charge is 2.21. The SMILES string of the molecule is C[C@@H](Oc1ccc(F)cc1Br)C(=O)c1c[nH]c2ccccc12. The van der Waals surface area contributed by atoms with Crippen LogP contribution < -0.4 is 4.74 Å². The number of hydrogen-bond donors (Lipinski definition) is 1. The Labute approximate surface area is 135 Å². The van der Waals surface area contributed by atoms with Crippen molar-refractivity contribution < 1.29 is 13.9 Å². The topological polar surface area (TPSA) is 42.1 Å². The summed E-state index contributed by atoms with van der Waals surface area (Å²) < 4.78 is 19.2. The van der Waals surface area contributed by atoms with Crippen molar-refractivity contribution in [2.24, 2.45) is 0 Å². The first-order chi connectivity index (χ1) is 10.6. The molecule has 0 fully saturated rings. The summed E-state index contributed by atoms with van der Waals surface area (Å²) in [7, 11) is 0. The van der Waals surface area contributed by atoms with Gasteiger partial charge in [0.25, 0.3) is 0 Å². The quantitative estimate of drug-likeness (QED) is 0.683. The number of benzene rings is 2. The van der Waals surface area contributed by atoms with Crippen LogP contribution in [0.3, 0.4) is 0 Å². The van der Waals surface area contributed by atoms with E-state index < -0.39 is 6.10 Å². The molecule has 3 rings (SSSR count). The molecule has 1 atom stereocenters. The lowest BCUT2D eigenvalue weighted by Crippen LogP contribution is -2.23. The van der Waals surface area contributed by atoms with Gasteiger partial charge in [0.2, 0.25) is 5.78 Å². The lowest BCUT2D eigenvalue weighted by molar-refractivity contribution is 0.0819. The van der Waals surface area contributed by atoms with E-state index in [1.54, 1.807) is 13.1 Å². The van der Waals surface area contributed by atoms with Crippen molar-refractivity contribution in [2.75, 3.05) is 0 Å². The molecule has 0 aliphatic carbocycles. The molecule has 1 aromatic heterocycles. The molecular formula is C17H13BrFNO2. The molecule has 0 saturated carbocycles. The van der Waals surface area contributed by atoms with Crippen molar-refractivity contribution in [1.82, 2.24) is 4.98 Å². The zero-order valence-corrected chi connectivity index (χ0v) is 13.4. The first-order valence-corrected chi connectivity index (χ1v) is 7.57.